The number of carbonyl (C=O) groups excluding carboxylic acids is 1. The Hall–Kier alpha value is -1.88. The Labute approximate surface area is 150 Å². The van der Waals surface area contributed by atoms with Crippen LogP contribution in [-0.4, -0.2) is 36.1 Å². The molecule has 0 saturated carbocycles. The van der Waals surface area contributed by atoms with Gasteiger partial charge in [0.1, 0.15) is 5.82 Å². The van der Waals surface area contributed by atoms with E-state index in [1.807, 2.05) is 19.1 Å². The number of amides is 1. The van der Waals surface area contributed by atoms with Gasteiger partial charge in [-0.05, 0) is 58.1 Å². The van der Waals surface area contributed by atoms with Gasteiger partial charge < -0.3 is 16.0 Å². The van der Waals surface area contributed by atoms with Crippen molar-refractivity contribution >= 4 is 11.7 Å². The summed E-state index contributed by atoms with van der Waals surface area (Å²) in [5.41, 5.74) is 2.12. The lowest BCUT2D eigenvalue weighted by atomic mass is 9.70. The number of aryl methyl sites for hydroxylation is 1. The number of rotatable bonds is 7. The van der Waals surface area contributed by atoms with Gasteiger partial charge in [-0.1, -0.05) is 17.7 Å². The zero-order chi connectivity index (χ0) is 17.9. The highest BCUT2D eigenvalue weighted by atomic mass is 16.2. The van der Waals surface area contributed by atoms with E-state index in [4.69, 9.17) is 0 Å². The molecule has 3 N–H and O–H groups in total. The van der Waals surface area contributed by atoms with E-state index in [1.165, 1.54) is 12.0 Å². The second kappa shape index (κ2) is 7.56. The summed E-state index contributed by atoms with van der Waals surface area (Å²) in [6.45, 7) is 7.53. The minimum atomic E-state index is -0.277. The van der Waals surface area contributed by atoms with E-state index < -0.39 is 0 Å². The van der Waals surface area contributed by atoms with Crippen molar-refractivity contribution in [2.45, 2.75) is 58.5 Å². The molecule has 1 aromatic heterocycles. The first-order valence-electron chi connectivity index (χ1n) is 9.34. The van der Waals surface area contributed by atoms with Crippen molar-refractivity contribution < 1.29 is 4.79 Å². The molecule has 0 aliphatic carbocycles. The minimum Gasteiger partial charge on any atom is -0.368 e. The molecule has 5 heteroatoms. The van der Waals surface area contributed by atoms with Gasteiger partial charge in [-0.3, -0.25) is 4.79 Å². The molecule has 136 valence electrons. The van der Waals surface area contributed by atoms with Crippen LogP contribution in [0.2, 0.25) is 0 Å². The smallest absolute Gasteiger partial charge is 0.228 e. The van der Waals surface area contributed by atoms with Gasteiger partial charge in [0, 0.05) is 31.4 Å². The standard InChI is InChI=1S/C20H30N4O/c1-14(2)8-9-20(13-16-6-7-17(20)24-16)19(25)23-12-11-22-18-15(3)5-4-10-21-18/h4-5,8,10,16-17,24H,6-7,9,11-13H2,1-3H3,(H,21,22)(H,23,25)/t16-,17+,20+/m0/s1. The Morgan fingerprint density at radius 1 is 1.40 bits per heavy atom. The van der Waals surface area contributed by atoms with Crippen molar-refractivity contribution in [2.75, 3.05) is 18.4 Å². The zero-order valence-electron chi connectivity index (χ0n) is 15.6. The van der Waals surface area contributed by atoms with E-state index in [1.54, 1.807) is 6.20 Å². The van der Waals surface area contributed by atoms with Crippen LogP contribution < -0.4 is 16.0 Å². The number of anilines is 1. The number of pyridine rings is 1. The van der Waals surface area contributed by atoms with E-state index in [0.717, 1.165) is 30.6 Å². The SMILES string of the molecule is CC(C)=CC[C@@]1(C(=O)NCCNc2ncccc2C)C[C@@H]2CC[C@H]1N2. The summed E-state index contributed by atoms with van der Waals surface area (Å²) in [5, 5.41) is 10.1. The van der Waals surface area contributed by atoms with Crippen LogP contribution >= 0.6 is 0 Å². The fraction of sp³-hybridized carbons (Fsp3) is 0.600. The van der Waals surface area contributed by atoms with E-state index in [0.29, 0.717) is 25.2 Å². The van der Waals surface area contributed by atoms with Gasteiger partial charge in [0.2, 0.25) is 5.91 Å². The number of aromatic nitrogens is 1. The highest BCUT2D eigenvalue weighted by Gasteiger charge is 2.54. The summed E-state index contributed by atoms with van der Waals surface area (Å²) in [6.07, 6.45) is 8.11. The van der Waals surface area contributed by atoms with Crippen LogP contribution in [0.4, 0.5) is 5.82 Å². The molecule has 2 aliphatic rings. The maximum atomic E-state index is 13.0. The highest BCUT2D eigenvalue weighted by molar-refractivity contribution is 5.84. The minimum absolute atomic E-state index is 0.198. The lowest BCUT2D eigenvalue weighted by Gasteiger charge is -2.34. The van der Waals surface area contributed by atoms with Crippen molar-refractivity contribution in [3.8, 4) is 0 Å². The molecule has 0 aromatic carbocycles. The highest BCUT2D eigenvalue weighted by Crippen LogP contribution is 2.46. The molecule has 3 rings (SSSR count). The third kappa shape index (κ3) is 3.87. The molecule has 2 aliphatic heterocycles. The van der Waals surface area contributed by atoms with Crippen LogP contribution in [0, 0.1) is 12.3 Å². The maximum absolute atomic E-state index is 13.0. The maximum Gasteiger partial charge on any atom is 0.228 e. The van der Waals surface area contributed by atoms with E-state index in [-0.39, 0.29) is 11.3 Å². The summed E-state index contributed by atoms with van der Waals surface area (Å²) in [5.74, 6) is 1.09. The van der Waals surface area contributed by atoms with Crippen molar-refractivity contribution in [3.63, 3.8) is 0 Å². The van der Waals surface area contributed by atoms with Crippen molar-refractivity contribution in [2.24, 2.45) is 5.41 Å². The summed E-state index contributed by atoms with van der Waals surface area (Å²) < 4.78 is 0. The summed E-state index contributed by atoms with van der Waals surface area (Å²) in [6, 6.07) is 4.79. The Morgan fingerprint density at radius 3 is 2.88 bits per heavy atom. The average molecular weight is 342 g/mol. The monoisotopic (exact) mass is 342 g/mol. The largest absolute Gasteiger partial charge is 0.368 e. The Kier molecular flexibility index (Phi) is 5.42. The topological polar surface area (TPSA) is 66.0 Å². The third-order valence-electron chi connectivity index (χ3n) is 5.56. The van der Waals surface area contributed by atoms with Gasteiger partial charge in [0.05, 0.1) is 5.41 Å². The molecular formula is C20H30N4O. The zero-order valence-corrected chi connectivity index (χ0v) is 15.6. The molecule has 3 heterocycles. The first kappa shape index (κ1) is 17.9. The number of allylic oxidation sites excluding steroid dienone is 2. The summed E-state index contributed by atoms with van der Waals surface area (Å²) in [7, 11) is 0. The quantitative estimate of drug-likeness (QED) is 0.527. The summed E-state index contributed by atoms with van der Waals surface area (Å²) >= 11 is 0. The van der Waals surface area contributed by atoms with E-state index in [9.17, 15) is 4.79 Å². The Balaban J connectivity index is 1.56. The van der Waals surface area contributed by atoms with Gasteiger partial charge in [0.25, 0.3) is 0 Å². The van der Waals surface area contributed by atoms with Crippen LogP contribution in [0.5, 0.6) is 0 Å². The normalized spacial score (nSPS) is 27.2. The average Bonchev–Trinajstić information content (AvgIpc) is 3.20. The third-order valence-corrected chi connectivity index (χ3v) is 5.56. The van der Waals surface area contributed by atoms with Gasteiger partial charge in [0.15, 0.2) is 0 Å². The van der Waals surface area contributed by atoms with Crippen molar-refractivity contribution in [1.82, 2.24) is 15.6 Å². The molecule has 2 saturated heterocycles. The number of carbonyl (C=O) groups is 1. The number of hydrogen-bond acceptors (Lipinski definition) is 4. The molecule has 1 amide bonds. The summed E-state index contributed by atoms with van der Waals surface area (Å²) in [4.78, 5) is 17.3. The molecule has 0 radical (unpaired) electrons. The lowest BCUT2D eigenvalue weighted by molar-refractivity contribution is -0.132. The van der Waals surface area contributed by atoms with Crippen LogP contribution in [0.1, 0.15) is 45.1 Å². The molecule has 2 fully saturated rings. The molecule has 25 heavy (non-hydrogen) atoms. The van der Waals surface area contributed by atoms with Gasteiger partial charge in [-0.2, -0.15) is 0 Å². The fourth-order valence-electron chi connectivity index (χ4n) is 4.16. The number of fused-ring (bicyclic) bond motifs is 2. The molecule has 2 bridgehead atoms. The van der Waals surface area contributed by atoms with Crippen LogP contribution in [0.3, 0.4) is 0 Å². The Morgan fingerprint density at radius 2 is 2.24 bits per heavy atom. The van der Waals surface area contributed by atoms with Gasteiger partial charge >= 0.3 is 0 Å². The van der Waals surface area contributed by atoms with Gasteiger partial charge in [-0.15, -0.1) is 0 Å². The molecule has 1 aromatic rings. The fourth-order valence-corrected chi connectivity index (χ4v) is 4.16. The number of hydrogen-bond donors (Lipinski definition) is 3. The number of nitrogens with one attached hydrogen (secondary N) is 3. The van der Waals surface area contributed by atoms with E-state index >= 15 is 0 Å². The predicted octanol–water partition coefficient (Wildman–Crippen LogP) is 2.79. The first-order chi connectivity index (χ1) is 12.0. The molecule has 5 nitrogen and oxygen atoms in total. The van der Waals surface area contributed by atoms with Gasteiger partial charge in [-0.25, -0.2) is 4.98 Å². The Bertz CT molecular complexity index is 653. The second-order valence-corrected chi connectivity index (χ2v) is 7.69. The van der Waals surface area contributed by atoms with Crippen molar-refractivity contribution in [1.29, 1.82) is 0 Å². The van der Waals surface area contributed by atoms with Crippen LogP contribution in [-0.2, 0) is 4.79 Å². The number of nitrogens with zero attached hydrogens (tertiary/aromatic N) is 1. The molecule has 3 atom stereocenters. The second-order valence-electron chi connectivity index (χ2n) is 7.69. The molecule has 0 unspecified atom stereocenters. The lowest BCUT2D eigenvalue weighted by Crippen LogP contribution is -2.49. The molecular weight excluding hydrogens is 312 g/mol. The molecule has 0 spiro atoms. The van der Waals surface area contributed by atoms with Crippen LogP contribution in [0.15, 0.2) is 30.0 Å². The van der Waals surface area contributed by atoms with E-state index in [2.05, 4.69) is 40.9 Å². The predicted molar refractivity (Wildman–Crippen MR) is 102 cm³/mol. The van der Waals surface area contributed by atoms with Crippen LogP contribution in [0.25, 0.3) is 0 Å². The van der Waals surface area contributed by atoms with Crippen molar-refractivity contribution in [3.05, 3.63) is 35.5 Å². The first-order valence-corrected chi connectivity index (χ1v) is 9.34.